The van der Waals surface area contributed by atoms with Crippen LogP contribution in [0.3, 0.4) is 0 Å². The lowest BCUT2D eigenvalue weighted by Gasteiger charge is -2.33. The summed E-state index contributed by atoms with van der Waals surface area (Å²) in [4.78, 5) is 12.8. The highest BCUT2D eigenvalue weighted by atomic mass is 79.9. The van der Waals surface area contributed by atoms with Gasteiger partial charge in [0.2, 0.25) is 0 Å². The molecule has 4 rings (SSSR count). The molecule has 5 nitrogen and oxygen atoms in total. The van der Waals surface area contributed by atoms with Crippen LogP contribution in [0.25, 0.3) is 0 Å². The summed E-state index contributed by atoms with van der Waals surface area (Å²) in [6, 6.07) is 13.8. The molecular formula is C22H20BrF3N4O. The summed E-state index contributed by atoms with van der Waals surface area (Å²) in [5.41, 5.74) is 2.28. The Labute approximate surface area is 185 Å². The van der Waals surface area contributed by atoms with Crippen molar-refractivity contribution in [1.29, 1.82) is 0 Å². The number of fused-ring (bicyclic) bond motifs is 1. The lowest BCUT2D eigenvalue weighted by Crippen LogP contribution is -2.35. The summed E-state index contributed by atoms with van der Waals surface area (Å²) in [5.74, 6) is -0.453. The van der Waals surface area contributed by atoms with Crippen molar-refractivity contribution in [2.24, 2.45) is 0 Å². The fourth-order valence-corrected chi connectivity index (χ4v) is 4.21. The van der Waals surface area contributed by atoms with Crippen molar-refractivity contribution in [3.05, 3.63) is 75.9 Å². The van der Waals surface area contributed by atoms with Crippen LogP contribution >= 0.6 is 15.9 Å². The van der Waals surface area contributed by atoms with Gasteiger partial charge in [0, 0.05) is 12.1 Å². The van der Waals surface area contributed by atoms with Crippen LogP contribution in [-0.4, -0.2) is 21.9 Å². The van der Waals surface area contributed by atoms with Gasteiger partial charge in [0.05, 0.1) is 10.5 Å². The maximum atomic E-state index is 13.9. The average Bonchev–Trinajstić information content (AvgIpc) is 3.10. The quantitative estimate of drug-likeness (QED) is 0.461. The summed E-state index contributed by atoms with van der Waals surface area (Å²) < 4.78 is 42.7. The molecular weight excluding hydrogens is 473 g/mol. The standard InChI is InChI=1S/C22H20BrF3N4O/c1-2-13-8-10-15(11-9-13)27-21(31)19-18(23)20-28-16(14-6-4-3-5-7-14)12-17(22(24,25)26)30(20)29-19/h3-11,16-17,28H,2,12H2,1H3,(H,27,31)/t16-,17-/m0/s1. The van der Waals surface area contributed by atoms with E-state index < -0.39 is 24.2 Å². The fraction of sp³-hybridized carbons (Fsp3) is 0.273. The molecule has 1 aromatic heterocycles. The Hall–Kier alpha value is -2.81. The van der Waals surface area contributed by atoms with Crippen LogP contribution < -0.4 is 10.6 Å². The Morgan fingerprint density at radius 3 is 2.48 bits per heavy atom. The van der Waals surface area contributed by atoms with Gasteiger partial charge in [-0.3, -0.25) is 4.79 Å². The number of hydrogen-bond acceptors (Lipinski definition) is 3. The number of halogens is 4. The van der Waals surface area contributed by atoms with Crippen LogP contribution in [0.1, 0.15) is 47.0 Å². The average molecular weight is 493 g/mol. The van der Waals surface area contributed by atoms with E-state index in [0.29, 0.717) is 5.69 Å². The number of rotatable bonds is 4. The molecule has 0 unspecified atom stereocenters. The first-order chi connectivity index (χ1) is 14.8. The number of benzene rings is 2. The first kappa shape index (κ1) is 21.4. The molecule has 2 N–H and O–H groups in total. The number of nitrogens with zero attached hydrogens (tertiary/aromatic N) is 2. The molecule has 2 aromatic carbocycles. The number of nitrogens with one attached hydrogen (secondary N) is 2. The largest absolute Gasteiger partial charge is 0.410 e. The summed E-state index contributed by atoms with van der Waals surface area (Å²) in [7, 11) is 0. The second-order valence-corrected chi connectivity index (χ2v) is 8.15. The molecule has 0 saturated carbocycles. The molecule has 2 heterocycles. The van der Waals surface area contributed by atoms with Gasteiger partial charge in [0.15, 0.2) is 11.7 Å². The normalized spacial score (nSPS) is 18.2. The minimum absolute atomic E-state index is 0.106. The molecule has 0 fully saturated rings. The number of amides is 1. The molecule has 1 aliphatic heterocycles. The zero-order valence-corrected chi connectivity index (χ0v) is 18.2. The molecule has 0 spiro atoms. The highest BCUT2D eigenvalue weighted by molar-refractivity contribution is 9.10. The number of aryl methyl sites for hydroxylation is 1. The fourth-order valence-electron chi connectivity index (χ4n) is 3.65. The number of carbonyl (C=O) groups is 1. The second-order valence-electron chi connectivity index (χ2n) is 7.36. The van der Waals surface area contributed by atoms with Crippen LogP contribution in [0.2, 0.25) is 0 Å². The van der Waals surface area contributed by atoms with Gasteiger partial charge < -0.3 is 10.6 Å². The van der Waals surface area contributed by atoms with Crippen molar-refractivity contribution in [2.75, 3.05) is 10.6 Å². The van der Waals surface area contributed by atoms with Gasteiger partial charge in [-0.2, -0.15) is 18.3 Å². The monoisotopic (exact) mass is 492 g/mol. The first-order valence-corrected chi connectivity index (χ1v) is 10.6. The van der Waals surface area contributed by atoms with E-state index in [1.165, 1.54) is 0 Å². The lowest BCUT2D eigenvalue weighted by atomic mass is 9.97. The number of carbonyl (C=O) groups excluding carboxylic acids is 1. The third kappa shape index (κ3) is 4.32. The molecule has 2 atom stereocenters. The van der Waals surface area contributed by atoms with Crippen molar-refractivity contribution >= 4 is 33.3 Å². The predicted molar refractivity (Wildman–Crippen MR) is 116 cm³/mol. The molecule has 3 aromatic rings. The van der Waals surface area contributed by atoms with Gasteiger partial charge in [-0.1, -0.05) is 49.4 Å². The van der Waals surface area contributed by atoms with Crippen molar-refractivity contribution in [3.8, 4) is 0 Å². The summed E-state index contributed by atoms with van der Waals surface area (Å²) in [6.45, 7) is 2.02. The molecule has 162 valence electrons. The summed E-state index contributed by atoms with van der Waals surface area (Å²) in [5, 5.41) is 9.84. The van der Waals surface area contributed by atoms with E-state index in [-0.39, 0.29) is 22.4 Å². The minimum Gasteiger partial charge on any atom is -0.362 e. The van der Waals surface area contributed by atoms with Crippen LogP contribution in [0, 0.1) is 0 Å². The van der Waals surface area contributed by atoms with Gasteiger partial charge in [-0.25, -0.2) is 4.68 Å². The van der Waals surface area contributed by atoms with Gasteiger partial charge in [0.1, 0.15) is 5.82 Å². The van der Waals surface area contributed by atoms with Crippen LogP contribution in [0.15, 0.2) is 59.1 Å². The van der Waals surface area contributed by atoms with Gasteiger partial charge in [-0.05, 0) is 45.6 Å². The Morgan fingerprint density at radius 2 is 1.87 bits per heavy atom. The molecule has 0 aliphatic carbocycles. The van der Waals surface area contributed by atoms with Crippen molar-refractivity contribution in [3.63, 3.8) is 0 Å². The minimum atomic E-state index is -4.51. The highest BCUT2D eigenvalue weighted by Crippen LogP contribution is 2.46. The highest BCUT2D eigenvalue weighted by Gasteiger charge is 2.47. The molecule has 31 heavy (non-hydrogen) atoms. The van der Waals surface area contributed by atoms with E-state index in [0.717, 1.165) is 22.2 Å². The topological polar surface area (TPSA) is 59.0 Å². The van der Waals surface area contributed by atoms with Crippen molar-refractivity contribution in [1.82, 2.24) is 9.78 Å². The number of aromatic nitrogens is 2. The number of hydrogen-bond donors (Lipinski definition) is 2. The van der Waals surface area contributed by atoms with E-state index >= 15 is 0 Å². The van der Waals surface area contributed by atoms with E-state index in [1.54, 1.807) is 36.4 Å². The third-order valence-corrected chi connectivity index (χ3v) is 6.08. The SMILES string of the molecule is CCc1ccc(NC(=O)c2nn3c(c2Br)N[C@H](c2ccccc2)C[C@H]3C(F)(F)F)cc1. The van der Waals surface area contributed by atoms with Crippen molar-refractivity contribution < 1.29 is 18.0 Å². The summed E-state index contributed by atoms with van der Waals surface area (Å²) in [6.07, 6.45) is -3.88. The Bertz CT molecular complexity index is 1080. The molecule has 1 amide bonds. The Kier molecular flexibility index (Phi) is 5.79. The lowest BCUT2D eigenvalue weighted by molar-refractivity contribution is -0.173. The molecule has 1 aliphatic rings. The van der Waals surface area contributed by atoms with Crippen LogP contribution in [0.5, 0.6) is 0 Å². The van der Waals surface area contributed by atoms with E-state index in [4.69, 9.17) is 0 Å². The predicted octanol–water partition coefficient (Wildman–Crippen LogP) is 6.12. The first-order valence-electron chi connectivity index (χ1n) is 9.84. The molecule has 9 heteroatoms. The Balaban J connectivity index is 1.67. The van der Waals surface area contributed by atoms with Crippen LogP contribution in [-0.2, 0) is 6.42 Å². The maximum absolute atomic E-state index is 13.9. The van der Waals surface area contributed by atoms with Crippen LogP contribution in [0.4, 0.5) is 24.7 Å². The number of alkyl halides is 3. The molecule has 0 bridgehead atoms. The third-order valence-electron chi connectivity index (χ3n) is 5.33. The summed E-state index contributed by atoms with van der Waals surface area (Å²) >= 11 is 3.29. The van der Waals surface area contributed by atoms with Gasteiger partial charge in [-0.15, -0.1) is 0 Å². The van der Waals surface area contributed by atoms with Crippen molar-refractivity contribution in [2.45, 2.75) is 38.0 Å². The maximum Gasteiger partial charge on any atom is 0.410 e. The smallest absolute Gasteiger partial charge is 0.362 e. The van der Waals surface area contributed by atoms with Gasteiger partial charge in [0.25, 0.3) is 5.91 Å². The van der Waals surface area contributed by atoms with E-state index in [1.807, 2.05) is 25.1 Å². The molecule has 0 saturated heterocycles. The zero-order chi connectivity index (χ0) is 22.2. The van der Waals surface area contributed by atoms with Gasteiger partial charge >= 0.3 is 6.18 Å². The van der Waals surface area contributed by atoms with E-state index in [9.17, 15) is 18.0 Å². The second kappa shape index (κ2) is 8.37. The molecule has 0 radical (unpaired) electrons. The zero-order valence-electron chi connectivity index (χ0n) is 16.6. The van der Waals surface area contributed by atoms with E-state index in [2.05, 4.69) is 31.7 Å². The Morgan fingerprint density at radius 1 is 1.19 bits per heavy atom. The number of anilines is 2.